The van der Waals surface area contributed by atoms with E-state index >= 15 is 0 Å². The van der Waals surface area contributed by atoms with Gasteiger partial charge in [0.2, 0.25) is 0 Å². The molecular formula is C13H12FNOS. The summed E-state index contributed by atoms with van der Waals surface area (Å²) in [6.45, 7) is 0. The highest BCUT2D eigenvalue weighted by Crippen LogP contribution is 2.40. The highest BCUT2D eigenvalue weighted by atomic mass is 32.1. The Hall–Kier alpha value is -1.39. The van der Waals surface area contributed by atoms with Crippen LogP contribution in [-0.4, -0.2) is 0 Å². The molecule has 3 rings (SSSR count). The van der Waals surface area contributed by atoms with Crippen LogP contribution in [-0.2, 0) is 0 Å². The van der Waals surface area contributed by atoms with Gasteiger partial charge in [-0.1, -0.05) is 0 Å². The van der Waals surface area contributed by atoms with Crippen molar-refractivity contribution in [2.24, 2.45) is 5.73 Å². The molecule has 1 aliphatic rings. The van der Waals surface area contributed by atoms with Crippen molar-refractivity contribution in [3.05, 3.63) is 52.0 Å². The fourth-order valence-electron chi connectivity index (χ4n) is 2.14. The van der Waals surface area contributed by atoms with Gasteiger partial charge in [-0.15, -0.1) is 0 Å². The summed E-state index contributed by atoms with van der Waals surface area (Å²) < 4.78 is 19.0. The lowest BCUT2D eigenvalue weighted by Crippen LogP contribution is -2.24. The van der Waals surface area contributed by atoms with Crippen molar-refractivity contribution in [2.75, 3.05) is 0 Å². The molecule has 0 amide bonds. The highest BCUT2D eigenvalue weighted by Gasteiger charge is 2.27. The number of benzene rings is 1. The molecule has 88 valence electrons. The molecule has 2 N–H and O–H groups in total. The second kappa shape index (κ2) is 4.13. The van der Waals surface area contributed by atoms with Crippen LogP contribution in [0.4, 0.5) is 4.39 Å². The molecule has 2 nitrogen and oxygen atoms in total. The van der Waals surface area contributed by atoms with Gasteiger partial charge in [-0.25, -0.2) is 4.39 Å². The summed E-state index contributed by atoms with van der Waals surface area (Å²) >= 11 is 1.64. The van der Waals surface area contributed by atoms with Gasteiger partial charge >= 0.3 is 0 Å². The van der Waals surface area contributed by atoms with Crippen LogP contribution in [0.1, 0.15) is 29.7 Å². The number of rotatable bonds is 1. The lowest BCUT2D eigenvalue weighted by Gasteiger charge is -2.30. The Morgan fingerprint density at radius 2 is 2.24 bits per heavy atom. The fourth-order valence-corrected chi connectivity index (χ4v) is 2.84. The average molecular weight is 249 g/mol. The van der Waals surface area contributed by atoms with Crippen LogP contribution in [0.15, 0.2) is 35.0 Å². The first-order valence-electron chi connectivity index (χ1n) is 5.48. The number of halogens is 1. The van der Waals surface area contributed by atoms with Gasteiger partial charge in [0.25, 0.3) is 0 Å². The van der Waals surface area contributed by atoms with Crippen LogP contribution in [0, 0.1) is 5.82 Å². The normalized spacial score (nSPS) is 22.9. The zero-order valence-corrected chi connectivity index (χ0v) is 9.91. The first-order chi connectivity index (χ1) is 8.24. The van der Waals surface area contributed by atoms with E-state index in [-0.39, 0.29) is 18.0 Å². The number of hydrogen-bond donors (Lipinski definition) is 1. The number of thiophene rings is 1. The maximum absolute atomic E-state index is 13.1. The Labute approximate surface area is 103 Å². The van der Waals surface area contributed by atoms with Crippen molar-refractivity contribution in [1.29, 1.82) is 0 Å². The largest absolute Gasteiger partial charge is 0.485 e. The topological polar surface area (TPSA) is 35.2 Å². The number of fused-ring (bicyclic) bond motifs is 1. The first kappa shape index (κ1) is 10.7. The lowest BCUT2D eigenvalue weighted by molar-refractivity contribution is 0.161. The van der Waals surface area contributed by atoms with Crippen molar-refractivity contribution < 1.29 is 9.13 Å². The molecule has 0 saturated carbocycles. The van der Waals surface area contributed by atoms with E-state index in [2.05, 4.69) is 5.38 Å². The van der Waals surface area contributed by atoms with E-state index in [1.165, 1.54) is 12.1 Å². The lowest BCUT2D eigenvalue weighted by atomic mass is 9.95. The Kier molecular flexibility index (Phi) is 2.61. The predicted octanol–water partition coefficient (Wildman–Crippen LogP) is 3.41. The van der Waals surface area contributed by atoms with Gasteiger partial charge in [-0.05, 0) is 35.0 Å². The smallest absolute Gasteiger partial charge is 0.126 e. The van der Waals surface area contributed by atoms with Crippen LogP contribution >= 0.6 is 11.3 Å². The molecule has 2 atom stereocenters. The van der Waals surface area contributed by atoms with Gasteiger partial charge in [0.05, 0.1) is 0 Å². The molecule has 4 heteroatoms. The molecule has 0 bridgehead atoms. The van der Waals surface area contributed by atoms with Crippen molar-refractivity contribution in [3.8, 4) is 5.75 Å². The molecule has 2 heterocycles. The van der Waals surface area contributed by atoms with Gasteiger partial charge in [-0.2, -0.15) is 11.3 Å². The second-order valence-electron chi connectivity index (χ2n) is 4.19. The third-order valence-corrected chi connectivity index (χ3v) is 3.72. The van der Waals surface area contributed by atoms with Gasteiger partial charge in [-0.3, -0.25) is 0 Å². The standard InChI is InChI=1S/C13H12FNOS/c14-9-1-2-12-10(5-9)11(15)6-13(16-12)8-3-4-17-7-8/h1-5,7,11,13H,6,15H2/t11-,13?/m0/s1. The maximum atomic E-state index is 13.1. The zero-order chi connectivity index (χ0) is 11.8. The minimum Gasteiger partial charge on any atom is -0.485 e. The molecule has 1 aromatic heterocycles. The monoisotopic (exact) mass is 249 g/mol. The average Bonchev–Trinajstić information content (AvgIpc) is 2.83. The van der Waals surface area contributed by atoms with Crippen LogP contribution < -0.4 is 10.5 Å². The quantitative estimate of drug-likeness (QED) is 0.840. The minimum absolute atomic E-state index is 0.0192. The van der Waals surface area contributed by atoms with Crippen molar-refractivity contribution in [1.82, 2.24) is 0 Å². The molecule has 1 aromatic carbocycles. The van der Waals surface area contributed by atoms with Gasteiger partial charge in [0.1, 0.15) is 17.7 Å². The summed E-state index contributed by atoms with van der Waals surface area (Å²) in [4.78, 5) is 0. The van der Waals surface area contributed by atoms with Crippen LogP contribution in [0.5, 0.6) is 5.75 Å². The second-order valence-corrected chi connectivity index (χ2v) is 4.97. The van der Waals surface area contributed by atoms with E-state index in [0.717, 1.165) is 11.1 Å². The van der Waals surface area contributed by atoms with Gasteiger partial charge in [0.15, 0.2) is 0 Å². The Morgan fingerprint density at radius 3 is 3.00 bits per heavy atom. The molecule has 2 aromatic rings. The molecule has 0 spiro atoms. The summed E-state index contributed by atoms with van der Waals surface area (Å²) in [7, 11) is 0. The highest BCUT2D eigenvalue weighted by molar-refractivity contribution is 7.07. The van der Waals surface area contributed by atoms with Crippen molar-refractivity contribution in [2.45, 2.75) is 18.6 Å². The van der Waals surface area contributed by atoms with E-state index in [1.54, 1.807) is 17.4 Å². The van der Waals surface area contributed by atoms with Gasteiger partial charge < -0.3 is 10.5 Å². The van der Waals surface area contributed by atoms with E-state index < -0.39 is 0 Å². The van der Waals surface area contributed by atoms with E-state index in [0.29, 0.717) is 12.2 Å². The predicted molar refractivity (Wildman–Crippen MR) is 65.6 cm³/mol. The molecule has 0 radical (unpaired) electrons. The number of nitrogens with two attached hydrogens (primary N) is 1. The summed E-state index contributed by atoms with van der Waals surface area (Å²) in [5.74, 6) is 0.429. The van der Waals surface area contributed by atoms with E-state index in [9.17, 15) is 4.39 Å². The Balaban J connectivity index is 1.96. The van der Waals surface area contributed by atoms with Crippen LogP contribution in [0.3, 0.4) is 0 Å². The van der Waals surface area contributed by atoms with Crippen molar-refractivity contribution >= 4 is 11.3 Å². The Morgan fingerprint density at radius 1 is 1.35 bits per heavy atom. The van der Waals surface area contributed by atoms with Crippen LogP contribution in [0.25, 0.3) is 0 Å². The van der Waals surface area contributed by atoms with E-state index in [4.69, 9.17) is 10.5 Å². The molecule has 1 aliphatic heterocycles. The summed E-state index contributed by atoms with van der Waals surface area (Å²) in [5.41, 5.74) is 7.97. The number of ether oxygens (including phenoxy) is 1. The SMILES string of the molecule is N[C@H]1CC(c2ccsc2)Oc2ccc(F)cc21. The van der Waals surface area contributed by atoms with Gasteiger partial charge in [0, 0.05) is 23.6 Å². The van der Waals surface area contributed by atoms with Crippen LogP contribution in [0.2, 0.25) is 0 Å². The summed E-state index contributed by atoms with van der Waals surface area (Å²) in [5, 5.41) is 4.08. The minimum atomic E-state index is -0.267. The third-order valence-electron chi connectivity index (χ3n) is 3.02. The van der Waals surface area contributed by atoms with Crippen molar-refractivity contribution in [3.63, 3.8) is 0 Å². The Bertz CT molecular complexity index is 526. The molecule has 0 aliphatic carbocycles. The maximum Gasteiger partial charge on any atom is 0.126 e. The number of hydrogen-bond acceptors (Lipinski definition) is 3. The van der Waals surface area contributed by atoms with E-state index in [1.807, 2.05) is 11.4 Å². The first-order valence-corrected chi connectivity index (χ1v) is 6.42. The molecule has 17 heavy (non-hydrogen) atoms. The summed E-state index contributed by atoms with van der Waals surface area (Å²) in [6, 6.07) is 6.39. The summed E-state index contributed by atoms with van der Waals surface area (Å²) in [6.07, 6.45) is 0.668. The molecule has 0 saturated heterocycles. The fraction of sp³-hybridized carbons (Fsp3) is 0.231. The molecule has 1 unspecified atom stereocenters. The zero-order valence-electron chi connectivity index (χ0n) is 9.10. The molecular weight excluding hydrogens is 237 g/mol. The molecule has 0 fully saturated rings. The third kappa shape index (κ3) is 1.94.